The normalized spacial score (nSPS) is 31.7. The molecule has 5 rings (SSSR count). The van der Waals surface area contributed by atoms with Gasteiger partial charge in [-0.05, 0) is 25.0 Å². The van der Waals surface area contributed by atoms with Gasteiger partial charge in [-0.3, -0.25) is 0 Å². The van der Waals surface area contributed by atoms with Gasteiger partial charge in [0.15, 0.2) is 11.6 Å². The van der Waals surface area contributed by atoms with Gasteiger partial charge in [0.2, 0.25) is 0 Å². The van der Waals surface area contributed by atoms with Crippen molar-refractivity contribution in [2.75, 3.05) is 14.2 Å². The van der Waals surface area contributed by atoms with Crippen LogP contribution in [-0.4, -0.2) is 38.0 Å². The van der Waals surface area contributed by atoms with Gasteiger partial charge in [-0.15, -0.1) is 0 Å². The molecule has 6 heteroatoms. The Bertz CT molecular complexity index is 827. The summed E-state index contributed by atoms with van der Waals surface area (Å²) >= 11 is 0. The van der Waals surface area contributed by atoms with E-state index in [4.69, 9.17) is 28.4 Å². The third-order valence-corrected chi connectivity index (χ3v) is 6.50. The standard InChI is InChI=1S/C24H28O6/c1-25-19-9-5-3-7-17(19)15-27-23-13-11-21(23)30-24(14-12-22(24)29-23)28-16-18-8-4-6-10-20(18)26-2/h3-10,21-22H,11-16H2,1-2H3/t21-,22+,23+,24-. The molecule has 2 aromatic rings. The Morgan fingerprint density at radius 2 is 1.17 bits per heavy atom. The molecule has 0 aromatic heterocycles. The number of hydrogen-bond acceptors (Lipinski definition) is 6. The molecular formula is C24H28O6. The fraction of sp³-hybridized carbons (Fsp3) is 0.500. The number of methoxy groups -OCH3 is 2. The van der Waals surface area contributed by atoms with Crippen molar-refractivity contribution < 1.29 is 28.4 Å². The largest absolute Gasteiger partial charge is 0.496 e. The monoisotopic (exact) mass is 412 g/mol. The molecule has 4 atom stereocenters. The Hall–Kier alpha value is -2.12. The Kier molecular flexibility index (Phi) is 5.19. The summed E-state index contributed by atoms with van der Waals surface area (Å²) in [5.41, 5.74) is 2.00. The van der Waals surface area contributed by atoms with Crippen LogP contribution < -0.4 is 9.47 Å². The van der Waals surface area contributed by atoms with E-state index < -0.39 is 11.6 Å². The summed E-state index contributed by atoms with van der Waals surface area (Å²) in [5, 5.41) is 0. The quantitative estimate of drug-likeness (QED) is 0.648. The summed E-state index contributed by atoms with van der Waals surface area (Å²) in [5.74, 6) is 0.256. The van der Waals surface area contributed by atoms with Crippen LogP contribution in [0.4, 0.5) is 0 Å². The Balaban J connectivity index is 1.25. The molecule has 0 amide bonds. The number of benzene rings is 2. The second-order valence-corrected chi connectivity index (χ2v) is 8.12. The smallest absolute Gasteiger partial charge is 0.195 e. The Labute approximate surface area is 177 Å². The molecule has 0 N–H and O–H groups in total. The van der Waals surface area contributed by atoms with Crippen LogP contribution in [0.1, 0.15) is 36.8 Å². The average molecular weight is 412 g/mol. The van der Waals surface area contributed by atoms with E-state index in [-0.39, 0.29) is 12.2 Å². The third kappa shape index (κ3) is 3.28. The first-order chi connectivity index (χ1) is 14.7. The van der Waals surface area contributed by atoms with E-state index in [1.807, 2.05) is 48.5 Å². The first kappa shape index (κ1) is 19.8. The minimum Gasteiger partial charge on any atom is -0.496 e. The van der Waals surface area contributed by atoms with Crippen molar-refractivity contribution in [1.82, 2.24) is 0 Å². The fourth-order valence-electron chi connectivity index (χ4n) is 4.49. The van der Waals surface area contributed by atoms with E-state index in [1.165, 1.54) is 0 Å². The molecule has 30 heavy (non-hydrogen) atoms. The van der Waals surface area contributed by atoms with Gasteiger partial charge >= 0.3 is 0 Å². The van der Waals surface area contributed by atoms with E-state index in [9.17, 15) is 0 Å². The predicted octanol–water partition coefficient (Wildman–Crippen LogP) is 4.20. The summed E-state index contributed by atoms with van der Waals surface area (Å²) < 4.78 is 36.4. The summed E-state index contributed by atoms with van der Waals surface area (Å²) in [6.07, 6.45) is 3.21. The van der Waals surface area contributed by atoms with Crippen molar-refractivity contribution in [2.24, 2.45) is 0 Å². The van der Waals surface area contributed by atoms with Crippen molar-refractivity contribution in [1.29, 1.82) is 0 Å². The van der Waals surface area contributed by atoms with Gasteiger partial charge < -0.3 is 28.4 Å². The first-order valence-corrected chi connectivity index (χ1v) is 10.6. The van der Waals surface area contributed by atoms with Gasteiger partial charge in [0, 0.05) is 24.0 Å². The molecule has 0 spiro atoms. The number of hydrogen-bond donors (Lipinski definition) is 0. The number of para-hydroxylation sites is 2. The van der Waals surface area contributed by atoms with E-state index in [0.717, 1.165) is 48.3 Å². The molecule has 0 unspecified atom stereocenters. The summed E-state index contributed by atoms with van der Waals surface area (Å²) in [6.45, 7) is 0.845. The lowest BCUT2D eigenvalue weighted by atomic mass is 9.78. The maximum absolute atomic E-state index is 6.47. The second kappa shape index (κ2) is 7.85. The Morgan fingerprint density at radius 3 is 1.53 bits per heavy atom. The van der Waals surface area contributed by atoms with Gasteiger partial charge in [0.05, 0.1) is 27.4 Å². The lowest BCUT2D eigenvalue weighted by molar-refractivity contribution is -0.494. The van der Waals surface area contributed by atoms with Crippen molar-refractivity contribution in [2.45, 2.75) is 62.7 Å². The highest BCUT2D eigenvalue weighted by atomic mass is 16.8. The molecular weight excluding hydrogens is 384 g/mol. The van der Waals surface area contributed by atoms with E-state index >= 15 is 0 Å². The predicted molar refractivity (Wildman–Crippen MR) is 109 cm³/mol. The maximum atomic E-state index is 6.47. The zero-order chi connectivity index (χ0) is 20.6. The lowest BCUT2D eigenvalue weighted by Crippen LogP contribution is -2.73. The number of rotatable bonds is 8. The third-order valence-electron chi connectivity index (χ3n) is 6.50. The molecule has 2 saturated carbocycles. The van der Waals surface area contributed by atoms with Crippen molar-refractivity contribution in [3.05, 3.63) is 59.7 Å². The van der Waals surface area contributed by atoms with Crippen LogP contribution in [0.15, 0.2) is 48.5 Å². The summed E-state index contributed by atoms with van der Waals surface area (Å²) in [6, 6.07) is 15.8. The van der Waals surface area contributed by atoms with Crippen LogP contribution in [0.3, 0.4) is 0 Å². The molecule has 160 valence electrons. The molecule has 2 aromatic carbocycles. The van der Waals surface area contributed by atoms with Crippen molar-refractivity contribution >= 4 is 0 Å². The average Bonchev–Trinajstić information content (AvgIpc) is 2.77. The van der Waals surface area contributed by atoms with Gasteiger partial charge in [-0.2, -0.15) is 0 Å². The van der Waals surface area contributed by atoms with Crippen LogP contribution in [-0.2, 0) is 32.2 Å². The number of fused-ring (bicyclic) bond motifs is 2. The van der Waals surface area contributed by atoms with Gasteiger partial charge in [-0.1, -0.05) is 36.4 Å². The molecule has 1 aliphatic heterocycles. The summed E-state index contributed by atoms with van der Waals surface area (Å²) in [7, 11) is 3.34. The SMILES string of the molecule is COc1ccccc1CO[C@@]12CC[C@@H]1O[C@@]1(OCc3ccccc3OC)CC[C@H]1O2. The molecule has 0 radical (unpaired) electrons. The van der Waals surface area contributed by atoms with Crippen LogP contribution >= 0.6 is 0 Å². The fourth-order valence-corrected chi connectivity index (χ4v) is 4.49. The van der Waals surface area contributed by atoms with Gasteiger partial charge in [0.25, 0.3) is 0 Å². The highest BCUT2D eigenvalue weighted by Gasteiger charge is 2.66. The minimum atomic E-state index is -0.691. The zero-order valence-corrected chi connectivity index (χ0v) is 17.5. The van der Waals surface area contributed by atoms with E-state index in [2.05, 4.69) is 0 Å². The second-order valence-electron chi connectivity index (χ2n) is 8.12. The summed E-state index contributed by atoms with van der Waals surface area (Å²) in [4.78, 5) is 0. The molecule has 3 fully saturated rings. The highest BCUT2D eigenvalue weighted by molar-refractivity contribution is 5.33. The minimum absolute atomic E-state index is 0.124. The van der Waals surface area contributed by atoms with Crippen LogP contribution in [0.5, 0.6) is 11.5 Å². The maximum Gasteiger partial charge on any atom is 0.195 e. The van der Waals surface area contributed by atoms with Crippen LogP contribution in [0.2, 0.25) is 0 Å². The lowest BCUT2D eigenvalue weighted by Gasteiger charge is -2.62. The zero-order valence-electron chi connectivity index (χ0n) is 17.5. The molecule has 0 bridgehead atoms. The number of ether oxygens (including phenoxy) is 6. The highest BCUT2D eigenvalue weighted by Crippen LogP contribution is 2.55. The van der Waals surface area contributed by atoms with E-state index in [1.54, 1.807) is 14.2 Å². The topological polar surface area (TPSA) is 55.4 Å². The van der Waals surface area contributed by atoms with Crippen LogP contribution in [0, 0.1) is 0 Å². The van der Waals surface area contributed by atoms with Gasteiger partial charge in [0.1, 0.15) is 23.7 Å². The first-order valence-electron chi connectivity index (χ1n) is 10.6. The Morgan fingerprint density at radius 1 is 0.733 bits per heavy atom. The molecule has 3 aliphatic rings. The molecule has 1 heterocycles. The molecule has 2 aliphatic carbocycles. The van der Waals surface area contributed by atoms with E-state index in [0.29, 0.717) is 13.2 Å². The molecule has 6 nitrogen and oxygen atoms in total. The molecule has 1 saturated heterocycles. The van der Waals surface area contributed by atoms with Gasteiger partial charge in [-0.25, -0.2) is 0 Å². The van der Waals surface area contributed by atoms with Crippen molar-refractivity contribution in [3.8, 4) is 11.5 Å². The van der Waals surface area contributed by atoms with Crippen molar-refractivity contribution in [3.63, 3.8) is 0 Å². The van der Waals surface area contributed by atoms with Crippen LogP contribution in [0.25, 0.3) is 0 Å².